The van der Waals surface area contributed by atoms with Crippen LogP contribution in [-0.2, 0) is 0 Å². The highest BCUT2D eigenvalue weighted by Gasteiger charge is 1.94. The van der Waals surface area contributed by atoms with Crippen LogP contribution in [0.5, 0.6) is 0 Å². The van der Waals surface area contributed by atoms with E-state index >= 15 is 0 Å². The molecule has 0 aromatic heterocycles. The Bertz CT molecular complexity index is 392. The molecule has 2 aromatic carbocycles. The van der Waals surface area contributed by atoms with Gasteiger partial charge in [-0.2, -0.15) is 0 Å². The molecule has 0 aliphatic heterocycles. The quantitative estimate of drug-likeness (QED) is 0.620. The van der Waals surface area contributed by atoms with Crippen molar-refractivity contribution in [3.8, 4) is 0 Å². The molecule has 2 heteroatoms. The van der Waals surface area contributed by atoms with E-state index in [1.165, 1.54) is 5.39 Å². The summed E-state index contributed by atoms with van der Waals surface area (Å²) in [5.74, 6) is 0. The molecule has 0 fully saturated rings. The van der Waals surface area contributed by atoms with Crippen LogP contribution in [0.2, 0.25) is 0 Å². The maximum Gasteiger partial charge on any atom is 0.222 e. The summed E-state index contributed by atoms with van der Waals surface area (Å²) >= 11 is 0. The SMILES string of the molecule is [B]Nc1cccc2ccccc12. The van der Waals surface area contributed by atoms with Gasteiger partial charge in [0.05, 0.1) is 0 Å². The Labute approximate surface area is 72.8 Å². The summed E-state index contributed by atoms with van der Waals surface area (Å²) in [6.45, 7) is 0. The average molecular weight is 153 g/mol. The van der Waals surface area contributed by atoms with Crippen LogP contribution in [0.1, 0.15) is 0 Å². The van der Waals surface area contributed by atoms with E-state index < -0.39 is 0 Å². The molecule has 0 saturated heterocycles. The van der Waals surface area contributed by atoms with Crippen molar-refractivity contribution in [2.45, 2.75) is 0 Å². The first kappa shape index (κ1) is 7.23. The second-order valence-electron chi connectivity index (χ2n) is 2.67. The number of benzene rings is 2. The molecule has 0 saturated carbocycles. The Hall–Kier alpha value is -1.44. The molecule has 0 unspecified atom stereocenters. The summed E-state index contributed by atoms with van der Waals surface area (Å²) in [7, 11) is 5.37. The number of hydrogen-bond acceptors (Lipinski definition) is 1. The standard InChI is InChI=1S/C10H8BN/c11-12-10-7-3-5-8-4-1-2-6-9(8)10/h1-7,12H. The number of anilines is 1. The van der Waals surface area contributed by atoms with Gasteiger partial charge in [-0.1, -0.05) is 36.4 Å². The normalized spacial score (nSPS) is 10.0. The molecule has 1 N–H and O–H groups in total. The molecule has 2 rings (SSSR count). The zero-order valence-corrected chi connectivity index (χ0v) is 6.62. The van der Waals surface area contributed by atoms with Crippen molar-refractivity contribution in [1.82, 2.24) is 0 Å². The Morgan fingerprint density at radius 2 is 1.67 bits per heavy atom. The maximum absolute atomic E-state index is 5.37. The summed E-state index contributed by atoms with van der Waals surface area (Å²) in [6.07, 6.45) is 0. The van der Waals surface area contributed by atoms with Crippen molar-refractivity contribution in [3.63, 3.8) is 0 Å². The fourth-order valence-electron chi connectivity index (χ4n) is 1.35. The van der Waals surface area contributed by atoms with E-state index in [9.17, 15) is 0 Å². The lowest BCUT2D eigenvalue weighted by molar-refractivity contribution is 1.72. The van der Waals surface area contributed by atoms with Crippen molar-refractivity contribution < 1.29 is 0 Å². The average Bonchev–Trinajstić information content (AvgIpc) is 2.17. The monoisotopic (exact) mass is 153 g/mol. The number of rotatable bonds is 1. The molecule has 2 aromatic rings. The fraction of sp³-hybridized carbons (Fsp3) is 0. The maximum atomic E-state index is 5.37. The van der Waals surface area contributed by atoms with E-state index in [-0.39, 0.29) is 0 Å². The van der Waals surface area contributed by atoms with Crippen molar-refractivity contribution in [1.29, 1.82) is 0 Å². The second kappa shape index (κ2) is 2.90. The molecule has 12 heavy (non-hydrogen) atoms. The largest absolute Gasteiger partial charge is 0.437 e. The van der Waals surface area contributed by atoms with Crippen molar-refractivity contribution in [3.05, 3.63) is 42.5 Å². The molecule has 0 aliphatic carbocycles. The van der Waals surface area contributed by atoms with Crippen LogP contribution in [0.3, 0.4) is 0 Å². The molecular formula is C10H8BN. The molecule has 56 valence electrons. The zero-order chi connectivity index (χ0) is 8.39. The number of fused-ring (bicyclic) bond motifs is 1. The molecule has 0 spiro atoms. The summed E-state index contributed by atoms with van der Waals surface area (Å²) < 4.78 is 0. The van der Waals surface area contributed by atoms with Crippen LogP contribution < -0.4 is 5.23 Å². The molecule has 0 heterocycles. The first-order chi connectivity index (χ1) is 5.92. The summed E-state index contributed by atoms with van der Waals surface area (Å²) in [5, 5.41) is 5.03. The van der Waals surface area contributed by atoms with Gasteiger partial charge < -0.3 is 5.23 Å². The topological polar surface area (TPSA) is 12.0 Å². The highest BCUT2D eigenvalue weighted by molar-refractivity contribution is 6.18. The molecule has 0 amide bonds. The lowest BCUT2D eigenvalue weighted by Gasteiger charge is -2.04. The van der Waals surface area contributed by atoms with Gasteiger partial charge in [-0.05, 0) is 11.5 Å². The van der Waals surface area contributed by atoms with Crippen molar-refractivity contribution in [2.75, 3.05) is 5.23 Å². The van der Waals surface area contributed by atoms with Gasteiger partial charge in [0.15, 0.2) is 0 Å². The third-order valence-electron chi connectivity index (χ3n) is 1.95. The first-order valence-corrected chi connectivity index (χ1v) is 3.86. The van der Waals surface area contributed by atoms with E-state index in [4.69, 9.17) is 7.98 Å². The van der Waals surface area contributed by atoms with Gasteiger partial charge in [0.1, 0.15) is 0 Å². The smallest absolute Gasteiger partial charge is 0.222 e. The lowest BCUT2D eigenvalue weighted by atomic mass is 10.1. The minimum atomic E-state index is 0.966. The molecular weight excluding hydrogens is 145 g/mol. The highest BCUT2D eigenvalue weighted by Crippen LogP contribution is 2.21. The fourth-order valence-corrected chi connectivity index (χ4v) is 1.35. The minimum Gasteiger partial charge on any atom is -0.437 e. The molecule has 0 bridgehead atoms. The van der Waals surface area contributed by atoms with Crippen LogP contribution in [0.4, 0.5) is 5.69 Å². The van der Waals surface area contributed by atoms with Crippen molar-refractivity contribution in [2.24, 2.45) is 0 Å². The van der Waals surface area contributed by atoms with Crippen LogP contribution in [0.25, 0.3) is 10.8 Å². The van der Waals surface area contributed by atoms with Gasteiger partial charge in [0.2, 0.25) is 7.98 Å². The van der Waals surface area contributed by atoms with Crippen LogP contribution in [0.15, 0.2) is 42.5 Å². The second-order valence-corrected chi connectivity index (χ2v) is 2.67. The lowest BCUT2D eigenvalue weighted by Crippen LogP contribution is -1.90. The first-order valence-electron chi connectivity index (χ1n) is 3.86. The molecule has 0 aliphatic rings. The van der Waals surface area contributed by atoms with E-state index in [1.807, 2.05) is 30.3 Å². The summed E-state index contributed by atoms with van der Waals surface area (Å²) in [4.78, 5) is 0. The Morgan fingerprint density at radius 3 is 2.50 bits per heavy atom. The van der Waals surface area contributed by atoms with Gasteiger partial charge in [-0.25, -0.2) is 0 Å². The zero-order valence-electron chi connectivity index (χ0n) is 6.62. The Morgan fingerprint density at radius 1 is 0.917 bits per heavy atom. The van der Waals surface area contributed by atoms with Crippen LogP contribution >= 0.6 is 0 Å². The van der Waals surface area contributed by atoms with Crippen LogP contribution in [-0.4, -0.2) is 7.98 Å². The Kier molecular flexibility index (Phi) is 1.74. The number of hydrogen-bond donors (Lipinski definition) is 1. The summed E-state index contributed by atoms with van der Waals surface area (Å²) in [5.41, 5.74) is 0.966. The van der Waals surface area contributed by atoms with Gasteiger partial charge in [0.25, 0.3) is 0 Å². The minimum absolute atomic E-state index is 0.966. The van der Waals surface area contributed by atoms with E-state index in [0.29, 0.717) is 0 Å². The van der Waals surface area contributed by atoms with Crippen LogP contribution in [0, 0.1) is 0 Å². The molecule has 2 radical (unpaired) electrons. The highest BCUT2D eigenvalue weighted by atomic mass is 14.7. The third kappa shape index (κ3) is 1.05. The van der Waals surface area contributed by atoms with Gasteiger partial charge in [-0.15, -0.1) is 0 Å². The predicted molar refractivity (Wildman–Crippen MR) is 53.3 cm³/mol. The Balaban J connectivity index is 2.79. The van der Waals surface area contributed by atoms with Crippen molar-refractivity contribution >= 4 is 24.4 Å². The molecule has 1 nitrogen and oxygen atoms in total. The third-order valence-corrected chi connectivity index (χ3v) is 1.95. The van der Waals surface area contributed by atoms with Gasteiger partial charge >= 0.3 is 0 Å². The van der Waals surface area contributed by atoms with Gasteiger partial charge in [0, 0.05) is 11.1 Å². The van der Waals surface area contributed by atoms with E-state index in [1.54, 1.807) is 0 Å². The number of nitrogens with one attached hydrogen (secondary N) is 1. The summed E-state index contributed by atoms with van der Waals surface area (Å²) in [6, 6.07) is 14.1. The predicted octanol–water partition coefficient (Wildman–Crippen LogP) is 2.34. The van der Waals surface area contributed by atoms with E-state index in [0.717, 1.165) is 11.1 Å². The molecule has 0 atom stereocenters. The van der Waals surface area contributed by atoms with E-state index in [2.05, 4.69) is 17.4 Å². The van der Waals surface area contributed by atoms with Gasteiger partial charge in [-0.3, -0.25) is 0 Å².